The molecule has 2 atom stereocenters. The Bertz CT molecular complexity index is 901. The van der Waals surface area contributed by atoms with Crippen LogP contribution in [0.3, 0.4) is 0 Å². The zero-order valence-corrected chi connectivity index (χ0v) is 18.2. The lowest BCUT2D eigenvalue weighted by molar-refractivity contribution is -0.122. The highest BCUT2D eigenvalue weighted by Gasteiger charge is 2.29. The molecule has 1 N–H and O–H groups in total. The molecule has 0 aliphatic carbocycles. The molecule has 0 spiro atoms. The van der Waals surface area contributed by atoms with Crippen molar-refractivity contribution < 1.29 is 13.2 Å². The second-order valence-corrected chi connectivity index (χ2v) is 10.0. The van der Waals surface area contributed by atoms with E-state index in [0.29, 0.717) is 5.69 Å². The molecule has 0 aliphatic heterocycles. The largest absolute Gasteiger partial charge is 0.348 e. The fourth-order valence-electron chi connectivity index (χ4n) is 3.07. The highest BCUT2D eigenvalue weighted by atomic mass is 32.2. The molecule has 2 aromatic carbocycles. The van der Waals surface area contributed by atoms with E-state index in [0.717, 1.165) is 16.1 Å². The third-order valence-corrected chi connectivity index (χ3v) is 5.98. The number of nitrogens with zero attached hydrogens (tertiary/aromatic N) is 1. The first-order chi connectivity index (χ1) is 12.9. The number of hydrogen-bond donors (Lipinski definition) is 1. The van der Waals surface area contributed by atoms with Gasteiger partial charge in [0.25, 0.3) is 0 Å². The standard InChI is InChI=1S/C22H30N2O3S/c1-16(18-12-14-19(15-13-18)22(3,4)5)23-21(25)17(2)24(28(6,26)27)20-10-8-7-9-11-20/h7-17H,1-6H3,(H,23,25). The average Bonchev–Trinajstić information content (AvgIpc) is 2.60. The monoisotopic (exact) mass is 402 g/mol. The molecule has 6 heteroatoms. The van der Waals surface area contributed by atoms with E-state index in [1.165, 1.54) is 5.56 Å². The van der Waals surface area contributed by atoms with Gasteiger partial charge < -0.3 is 5.32 Å². The quantitative estimate of drug-likeness (QED) is 0.794. The predicted molar refractivity (Wildman–Crippen MR) is 115 cm³/mol. The van der Waals surface area contributed by atoms with Crippen LogP contribution in [0.1, 0.15) is 51.8 Å². The molecule has 28 heavy (non-hydrogen) atoms. The van der Waals surface area contributed by atoms with E-state index in [1.807, 2.05) is 19.1 Å². The van der Waals surface area contributed by atoms with Crippen molar-refractivity contribution in [1.82, 2.24) is 5.32 Å². The van der Waals surface area contributed by atoms with Crippen molar-refractivity contribution in [2.45, 2.75) is 52.1 Å². The van der Waals surface area contributed by atoms with Gasteiger partial charge in [-0.05, 0) is 42.5 Å². The highest BCUT2D eigenvalue weighted by Crippen LogP contribution is 2.24. The number of hydrogen-bond acceptors (Lipinski definition) is 3. The van der Waals surface area contributed by atoms with Gasteiger partial charge in [0.05, 0.1) is 18.0 Å². The van der Waals surface area contributed by atoms with Crippen LogP contribution in [0.25, 0.3) is 0 Å². The Hall–Kier alpha value is -2.34. The summed E-state index contributed by atoms with van der Waals surface area (Å²) >= 11 is 0. The maximum atomic E-state index is 12.8. The smallest absolute Gasteiger partial charge is 0.244 e. The number of carbonyl (C=O) groups excluding carboxylic acids is 1. The molecule has 0 fully saturated rings. The molecule has 2 rings (SSSR count). The topological polar surface area (TPSA) is 66.5 Å². The molecule has 0 aromatic heterocycles. The Balaban J connectivity index is 2.18. The molecular formula is C22H30N2O3S. The Labute approximate surface area is 168 Å². The Morgan fingerprint density at radius 2 is 1.50 bits per heavy atom. The van der Waals surface area contributed by atoms with Crippen molar-refractivity contribution in [1.29, 1.82) is 0 Å². The molecule has 1 amide bonds. The van der Waals surface area contributed by atoms with E-state index in [1.54, 1.807) is 37.3 Å². The maximum absolute atomic E-state index is 12.8. The van der Waals surface area contributed by atoms with E-state index in [4.69, 9.17) is 0 Å². The van der Waals surface area contributed by atoms with Gasteiger partial charge in [-0.2, -0.15) is 0 Å². The van der Waals surface area contributed by atoms with Gasteiger partial charge in [-0.1, -0.05) is 63.2 Å². The van der Waals surface area contributed by atoms with Gasteiger partial charge in [-0.3, -0.25) is 9.10 Å². The summed E-state index contributed by atoms with van der Waals surface area (Å²) in [6, 6.07) is 15.7. The van der Waals surface area contributed by atoms with E-state index in [9.17, 15) is 13.2 Å². The number of para-hydroxylation sites is 1. The first-order valence-corrected chi connectivity index (χ1v) is 11.2. The summed E-state index contributed by atoms with van der Waals surface area (Å²) in [5, 5.41) is 2.93. The number of nitrogens with one attached hydrogen (secondary N) is 1. The summed E-state index contributed by atoms with van der Waals surface area (Å²) in [5.41, 5.74) is 2.72. The molecule has 0 heterocycles. The van der Waals surface area contributed by atoms with Gasteiger partial charge in [-0.15, -0.1) is 0 Å². The SMILES string of the molecule is CC(NC(=O)C(C)N(c1ccccc1)S(C)(=O)=O)c1ccc(C(C)(C)C)cc1. The Morgan fingerprint density at radius 3 is 1.96 bits per heavy atom. The molecule has 152 valence electrons. The molecule has 5 nitrogen and oxygen atoms in total. The average molecular weight is 403 g/mol. The van der Waals surface area contributed by atoms with Gasteiger partial charge in [-0.25, -0.2) is 8.42 Å². The third kappa shape index (κ3) is 5.35. The number of anilines is 1. The van der Waals surface area contributed by atoms with Crippen molar-refractivity contribution in [3.05, 3.63) is 65.7 Å². The summed E-state index contributed by atoms with van der Waals surface area (Å²) < 4.78 is 25.8. The van der Waals surface area contributed by atoms with Crippen LogP contribution in [0.15, 0.2) is 54.6 Å². The fraction of sp³-hybridized carbons (Fsp3) is 0.409. The lowest BCUT2D eigenvalue weighted by Crippen LogP contribution is -2.48. The molecule has 0 saturated carbocycles. The van der Waals surface area contributed by atoms with Crippen molar-refractivity contribution >= 4 is 21.6 Å². The van der Waals surface area contributed by atoms with Gasteiger partial charge >= 0.3 is 0 Å². The van der Waals surface area contributed by atoms with Crippen molar-refractivity contribution in [2.75, 3.05) is 10.6 Å². The first-order valence-electron chi connectivity index (χ1n) is 9.36. The third-order valence-electron chi connectivity index (χ3n) is 4.73. The molecule has 0 saturated heterocycles. The number of rotatable bonds is 6. The minimum absolute atomic E-state index is 0.0607. The maximum Gasteiger partial charge on any atom is 0.244 e. The van der Waals surface area contributed by atoms with Crippen LogP contribution in [0.4, 0.5) is 5.69 Å². The van der Waals surface area contributed by atoms with Crippen LogP contribution >= 0.6 is 0 Å². The molecule has 0 radical (unpaired) electrons. The minimum Gasteiger partial charge on any atom is -0.348 e. The van der Waals surface area contributed by atoms with E-state index in [2.05, 4.69) is 38.2 Å². The lowest BCUT2D eigenvalue weighted by atomic mass is 9.86. The van der Waals surface area contributed by atoms with Gasteiger partial charge in [0.1, 0.15) is 6.04 Å². The number of amides is 1. The molecule has 2 aromatic rings. The number of sulfonamides is 1. The Morgan fingerprint density at radius 1 is 0.964 bits per heavy atom. The molecule has 2 unspecified atom stereocenters. The number of benzene rings is 2. The summed E-state index contributed by atoms with van der Waals surface area (Å²) in [6.45, 7) is 9.94. The van der Waals surface area contributed by atoms with E-state index in [-0.39, 0.29) is 17.4 Å². The zero-order chi connectivity index (χ0) is 21.1. The van der Waals surface area contributed by atoms with Crippen molar-refractivity contribution in [3.63, 3.8) is 0 Å². The van der Waals surface area contributed by atoms with Crippen LogP contribution in [0, 0.1) is 0 Å². The summed E-state index contributed by atoms with van der Waals surface area (Å²) in [6.07, 6.45) is 1.11. The van der Waals surface area contributed by atoms with Gasteiger partial charge in [0.2, 0.25) is 15.9 Å². The molecular weight excluding hydrogens is 372 g/mol. The number of carbonyl (C=O) groups is 1. The Kier molecular flexibility index (Phi) is 6.55. The van der Waals surface area contributed by atoms with Crippen LogP contribution in [0.5, 0.6) is 0 Å². The van der Waals surface area contributed by atoms with E-state index < -0.39 is 16.1 Å². The predicted octanol–water partition coefficient (Wildman–Crippen LogP) is 4.02. The second-order valence-electron chi connectivity index (χ2n) is 8.17. The van der Waals surface area contributed by atoms with Crippen LogP contribution in [-0.2, 0) is 20.2 Å². The van der Waals surface area contributed by atoms with Gasteiger partial charge in [0.15, 0.2) is 0 Å². The summed E-state index contributed by atoms with van der Waals surface area (Å²) in [4.78, 5) is 12.8. The van der Waals surface area contributed by atoms with E-state index >= 15 is 0 Å². The van der Waals surface area contributed by atoms with Crippen LogP contribution in [0.2, 0.25) is 0 Å². The lowest BCUT2D eigenvalue weighted by Gasteiger charge is -2.29. The highest BCUT2D eigenvalue weighted by molar-refractivity contribution is 7.92. The molecule has 0 bridgehead atoms. The summed E-state index contributed by atoms with van der Waals surface area (Å²) in [5.74, 6) is -0.346. The summed E-state index contributed by atoms with van der Waals surface area (Å²) in [7, 11) is -3.61. The minimum atomic E-state index is -3.61. The zero-order valence-electron chi connectivity index (χ0n) is 17.4. The molecule has 0 aliphatic rings. The van der Waals surface area contributed by atoms with Gasteiger partial charge in [0, 0.05) is 0 Å². The second kappa shape index (κ2) is 8.35. The first kappa shape index (κ1) is 22.0. The normalized spacial score (nSPS) is 14.2. The van der Waals surface area contributed by atoms with Crippen LogP contribution in [-0.4, -0.2) is 26.6 Å². The van der Waals surface area contributed by atoms with Crippen molar-refractivity contribution in [2.24, 2.45) is 0 Å². The van der Waals surface area contributed by atoms with Crippen molar-refractivity contribution in [3.8, 4) is 0 Å². The fourth-order valence-corrected chi connectivity index (χ4v) is 4.25. The van der Waals surface area contributed by atoms with Crippen LogP contribution < -0.4 is 9.62 Å².